The molecule has 1 aromatic heterocycles. The lowest BCUT2D eigenvalue weighted by atomic mass is 10.2. The van der Waals surface area contributed by atoms with Gasteiger partial charge in [0.15, 0.2) is 0 Å². The molecule has 0 aliphatic carbocycles. The number of ether oxygens (including phenoxy) is 1. The number of hydrogen-bond donors (Lipinski definition) is 0. The quantitative estimate of drug-likeness (QED) is 0.666. The van der Waals surface area contributed by atoms with Crippen LogP contribution in [-0.2, 0) is 4.74 Å². The van der Waals surface area contributed by atoms with Crippen molar-refractivity contribution in [2.45, 2.75) is 6.10 Å². The number of nitrogens with zero attached hydrogens (tertiary/aromatic N) is 3. The van der Waals surface area contributed by atoms with Crippen LogP contribution in [-0.4, -0.2) is 36.3 Å². The van der Waals surface area contributed by atoms with Crippen LogP contribution in [0.25, 0.3) is 0 Å². The van der Waals surface area contributed by atoms with Gasteiger partial charge < -0.3 is 9.64 Å². The summed E-state index contributed by atoms with van der Waals surface area (Å²) in [5.74, 6) is 0.869. The SMILES string of the molecule is COC1CN(c2ccnc(Cl)n2)C1. The van der Waals surface area contributed by atoms with Crippen molar-refractivity contribution < 1.29 is 4.74 Å². The molecule has 0 unspecified atom stereocenters. The highest BCUT2D eigenvalue weighted by Crippen LogP contribution is 2.20. The molecular weight excluding hydrogens is 190 g/mol. The highest BCUT2D eigenvalue weighted by Gasteiger charge is 2.27. The molecule has 13 heavy (non-hydrogen) atoms. The van der Waals surface area contributed by atoms with Gasteiger partial charge in [-0.25, -0.2) is 9.97 Å². The third-order valence-electron chi connectivity index (χ3n) is 2.12. The van der Waals surface area contributed by atoms with E-state index in [0.29, 0.717) is 11.4 Å². The first-order valence-corrected chi connectivity index (χ1v) is 4.43. The zero-order chi connectivity index (χ0) is 9.26. The summed E-state index contributed by atoms with van der Waals surface area (Å²) < 4.78 is 5.15. The third-order valence-corrected chi connectivity index (χ3v) is 2.30. The number of rotatable bonds is 2. The average Bonchev–Trinajstić information content (AvgIpc) is 2.02. The van der Waals surface area contributed by atoms with Crippen molar-refractivity contribution in [1.82, 2.24) is 9.97 Å². The lowest BCUT2D eigenvalue weighted by molar-refractivity contribution is 0.0783. The van der Waals surface area contributed by atoms with E-state index >= 15 is 0 Å². The van der Waals surface area contributed by atoms with Gasteiger partial charge in [-0.1, -0.05) is 0 Å². The van der Waals surface area contributed by atoms with Crippen molar-refractivity contribution >= 4 is 17.4 Å². The summed E-state index contributed by atoms with van der Waals surface area (Å²) in [6.07, 6.45) is 1.99. The van der Waals surface area contributed by atoms with Gasteiger partial charge >= 0.3 is 0 Å². The second-order valence-electron chi connectivity index (χ2n) is 2.95. The molecule has 0 spiro atoms. The molecule has 70 valence electrons. The van der Waals surface area contributed by atoms with Gasteiger partial charge in [0.25, 0.3) is 0 Å². The Labute approximate surface area is 81.5 Å². The van der Waals surface area contributed by atoms with E-state index in [2.05, 4.69) is 14.9 Å². The predicted molar refractivity (Wildman–Crippen MR) is 50.1 cm³/mol. The van der Waals surface area contributed by atoms with Gasteiger partial charge in [0.2, 0.25) is 5.28 Å². The number of halogens is 1. The summed E-state index contributed by atoms with van der Waals surface area (Å²) in [7, 11) is 1.72. The largest absolute Gasteiger partial charge is 0.378 e. The van der Waals surface area contributed by atoms with Crippen molar-refractivity contribution in [3.63, 3.8) is 0 Å². The Morgan fingerprint density at radius 2 is 2.38 bits per heavy atom. The Bertz CT molecular complexity index is 301. The Kier molecular flexibility index (Phi) is 2.33. The van der Waals surface area contributed by atoms with E-state index < -0.39 is 0 Å². The van der Waals surface area contributed by atoms with Crippen LogP contribution in [0.4, 0.5) is 5.82 Å². The van der Waals surface area contributed by atoms with Gasteiger partial charge in [0.1, 0.15) is 5.82 Å². The Morgan fingerprint density at radius 1 is 1.62 bits per heavy atom. The highest BCUT2D eigenvalue weighted by molar-refractivity contribution is 6.28. The fourth-order valence-corrected chi connectivity index (χ4v) is 1.42. The summed E-state index contributed by atoms with van der Waals surface area (Å²) in [4.78, 5) is 10.0. The molecule has 2 heterocycles. The van der Waals surface area contributed by atoms with Gasteiger partial charge in [-0.3, -0.25) is 0 Å². The lowest BCUT2D eigenvalue weighted by Gasteiger charge is -2.38. The first-order valence-electron chi connectivity index (χ1n) is 4.06. The summed E-state index contributed by atoms with van der Waals surface area (Å²) in [6.45, 7) is 1.76. The van der Waals surface area contributed by atoms with E-state index in [-0.39, 0.29) is 0 Å². The normalized spacial score (nSPS) is 17.2. The topological polar surface area (TPSA) is 38.2 Å². The summed E-state index contributed by atoms with van der Waals surface area (Å²) in [5.41, 5.74) is 0. The zero-order valence-electron chi connectivity index (χ0n) is 7.27. The van der Waals surface area contributed by atoms with E-state index in [9.17, 15) is 0 Å². The first-order chi connectivity index (χ1) is 6.29. The van der Waals surface area contributed by atoms with Gasteiger partial charge in [-0.15, -0.1) is 0 Å². The highest BCUT2D eigenvalue weighted by atomic mass is 35.5. The molecule has 0 aromatic carbocycles. The molecule has 0 amide bonds. The molecule has 0 bridgehead atoms. The molecule has 0 radical (unpaired) electrons. The van der Waals surface area contributed by atoms with Crippen molar-refractivity contribution in [3.05, 3.63) is 17.5 Å². The molecule has 1 aliphatic rings. The van der Waals surface area contributed by atoms with Crippen LogP contribution in [0.3, 0.4) is 0 Å². The summed E-state index contributed by atoms with van der Waals surface area (Å²) in [5, 5.41) is 0.290. The minimum atomic E-state index is 0.290. The zero-order valence-corrected chi connectivity index (χ0v) is 8.03. The van der Waals surface area contributed by atoms with Crippen LogP contribution >= 0.6 is 11.6 Å². The minimum absolute atomic E-state index is 0.290. The monoisotopic (exact) mass is 199 g/mol. The predicted octanol–water partition coefficient (Wildman–Crippen LogP) is 0.965. The Hall–Kier alpha value is -0.870. The maximum Gasteiger partial charge on any atom is 0.224 e. The number of hydrogen-bond acceptors (Lipinski definition) is 4. The maximum absolute atomic E-state index is 5.66. The standard InChI is InChI=1S/C8H10ClN3O/c1-13-6-4-12(5-6)7-2-3-10-8(9)11-7/h2-3,6H,4-5H2,1H3. The Morgan fingerprint density at radius 3 is 3.00 bits per heavy atom. The minimum Gasteiger partial charge on any atom is -0.378 e. The van der Waals surface area contributed by atoms with E-state index in [1.165, 1.54) is 0 Å². The van der Waals surface area contributed by atoms with Gasteiger partial charge in [0.05, 0.1) is 6.10 Å². The fourth-order valence-electron chi connectivity index (χ4n) is 1.28. The number of methoxy groups -OCH3 is 1. The van der Waals surface area contributed by atoms with E-state index in [0.717, 1.165) is 18.9 Å². The molecule has 1 aromatic rings. The van der Waals surface area contributed by atoms with Crippen LogP contribution in [0, 0.1) is 0 Å². The molecular formula is C8H10ClN3O. The number of aromatic nitrogens is 2. The molecule has 1 fully saturated rings. The van der Waals surface area contributed by atoms with Crippen molar-refractivity contribution in [1.29, 1.82) is 0 Å². The van der Waals surface area contributed by atoms with Gasteiger partial charge in [0, 0.05) is 26.4 Å². The van der Waals surface area contributed by atoms with E-state index in [1.54, 1.807) is 13.3 Å². The third kappa shape index (κ3) is 1.73. The van der Waals surface area contributed by atoms with Gasteiger partial charge in [-0.2, -0.15) is 0 Å². The molecule has 1 saturated heterocycles. The average molecular weight is 200 g/mol. The molecule has 0 N–H and O–H groups in total. The molecule has 5 heteroatoms. The first kappa shape index (κ1) is 8.72. The lowest BCUT2D eigenvalue weighted by Crippen LogP contribution is -2.52. The van der Waals surface area contributed by atoms with E-state index in [4.69, 9.17) is 16.3 Å². The van der Waals surface area contributed by atoms with Gasteiger partial charge in [-0.05, 0) is 17.7 Å². The fraction of sp³-hybridized carbons (Fsp3) is 0.500. The molecule has 0 saturated carbocycles. The summed E-state index contributed by atoms with van der Waals surface area (Å²) in [6, 6.07) is 1.84. The second kappa shape index (κ2) is 3.47. The van der Waals surface area contributed by atoms with E-state index in [1.807, 2.05) is 6.07 Å². The Balaban J connectivity index is 2.03. The van der Waals surface area contributed by atoms with Crippen LogP contribution in [0.2, 0.25) is 5.28 Å². The van der Waals surface area contributed by atoms with Crippen molar-refractivity contribution in [2.75, 3.05) is 25.1 Å². The summed E-state index contributed by atoms with van der Waals surface area (Å²) >= 11 is 5.66. The molecule has 1 aliphatic heterocycles. The number of anilines is 1. The molecule has 0 atom stereocenters. The van der Waals surface area contributed by atoms with Crippen LogP contribution in [0.1, 0.15) is 0 Å². The maximum atomic E-state index is 5.66. The van der Waals surface area contributed by atoms with Crippen LogP contribution in [0.15, 0.2) is 12.3 Å². The second-order valence-corrected chi connectivity index (χ2v) is 3.28. The van der Waals surface area contributed by atoms with Crippen molar-refractivity contribution in [3.8, 4) is 0 Å². The smallest absolute Gasteiger partial charge is 0.224 e. The molecule has 2 rings (SSSR count). The molecule has 4 nitrogen and oxygen atoms in total. The van der Waals surface area contributed by atoms with Crippen molar-refractivity contribution in [2.24, 2.45) is 0 Å². The van der Waals surface area contributed by atoms with Crippen LogP contribution in [0.5, 0.6) is 0 Å². The van der Waals surface area contributed by atoms with Crippen LogP contribution < -0.4 is 4.90 Å².